The molecular formula is C13H19N3. The molecular weight excluding hydrogens is 198 g/mol. The average Bonchev–Trinajstić information content (AvgIpc) is 2.26. The van der Waals surface area contributed by atoms with Gasteiger partial charge < -0.3 is 16.4 Å². The summed E-state index contributed by atoms with van der Waals surface area (Å²) in [4.78, 5) is 1.95. The summed E-state index contributed by atoms with van der Waals surface area (Å²) in [6.45, 7) is 8.31. The van der Waals surface area contributed by atoms with Crippen LogP contribution in [0.2, 0.25) is 0 Å². The minimum atomic E-state index is 0.444. The maximum Gasteiger partial charge on any atom is 0.0453 e. The first-order chi connectivity index (χ1) is 7.58. The molecule has 4 N–H and O–H groups in total. The zero-order valence-electron chi connectivity index (χ0n) is 9.90. The highest BCUT2D eigenvalue weighted by Crippen LogP contribution is 2.22. The van der Waals surface area contributed by atoms with E-state index >= 15 is 0 Å². The van der Waals surface area contributed by atoms with E-state index in [1.165, 1.54) is 5.57 Å². The maximum atomic E-state index is 5.80. The second-order valence-corrected chi connectivity index (χ2v) is 3.88. The van der Waals surface area contributed by atoms with E-state index in [1.807, 2.05) is 43.1 Å². The van der Waals surface area contributed by atoms with Crippen LogP contribution in [0.15, 0.2) is 42.8 Å². The molecule has 0 aliphatic carbocycles. The Balaban J connectivity index is 3.11. The third-order valence-corrected chi connectivity index (χ3v) is 2.24. The predicted molar refractivity (Wildman–Crippen MR) is 70.9 cm³/mol. The summed E-state index contributed by atoms with van der Waals surface area (Å²) in [5.41, 5.74) is 15.3. The van der Waals surface area contributed by atoms with E-state index in [-0.39, 0.29) is 0 Å². The van der Waals surface area contributed by atoms with Gasteiger partial charge in [-0.05, 0) is 37.6 Å². The summed E-state index contributed by atoms with van der Waals surface area (Å²) in [6, 6.07) is 5.80. The normalized spacial score (nSPS) is 9.69. The van der Waals surface area contributed by atoms with Crippen LogP contribution < -0.4 is 16.4 Å². The summed E-state index contributed by atoms with van der Waals surface area (Å²) in [5.74, 6) is 0. The van der Waals surface area contributed by atoms with Crippen LogP contribution in [-0.2, 0) is 6.54 Å². The highest BCUT2D eigenvalue weighted by atomic mass is 15.1. The van der Waals surface area contributed by atoms with Crippen LogP contribution in [0.4, 0.5) is 11.4 Å². The highest BCUT2D eigenvalue weighted by Gasteiger charge is 2.03. The molecule has 16 heavy (non-hydrogen) atoms. The van der Waals surface area contributed by atoms with Crippen molar-refractivity contribution >= 4 is 11.4 Å². The van der Waals surface area contributed by atoms with E-state index in [2.05, 4.69) is 6.58 Å². The highest BCUT2D eigenvalue weighted by molar-refractivity contribution is 5.61. The van der Waals surface area contributed by atoms with E-state index in [0.717, 1.165) is 16.9 Å². The number of nitrogen functional groups attached to an aromatic ring is 1. The van der Waals surface area contributed by atoms with Gasteiger partial charge in [0.15, 0.2) is 0 Å². The first kappa shape index (κ1) is 12.3. The molecule has 86 valence electrons. The first-order valence-corrected chi connectivity index (χ1v) is 5.23. The molecule has 0 heterocycles. The van der Waals surface area contributed by atoms with Crippen LogP contribution in [0.3, 0.4) is 0 Å². The Morgan fingerprint density at radius 3 is 2.62 bits per heavy atom. The number of anilines is 2. The summed E-state index contributed by atoms with van der Waals surface area (Å²) in [6.07, 6.45) is 3.78. The monoisotopic (exact) mass is 217 g/mol. The summed E-state index contributed by atoms with van der Waals surface area (Å²) >= 11 is 0. The van der Waals surface area contributed by atoms with Crippen molar-refractivity contribution in [2.45, 2.75) is 20.4 Å². The molecule has 0 spiro atoms. The van der Waals surface area contributed by atoms with Gasteiger partial charge in [0.1, 0.15) is 0 Å². The topological polar surface area (TPSA) is 55.3 Å². The number of nitrogens with zero attached hydrogens (tertiary/aromatic N) is 1. The van der Waals surface area contributed by atoms with Crippen molar-refractivity contribution < 1.29 is 0 Å². The van der Waals surface area contributed by atoms with Gasteiger partial charge >= 0.3 is 0 Å². The van der Waals surface area contributed by atoms with Crippen LogP contribution in [-0.4, -0.2) is 0 Å². The number of rotatable bonds is 4. The van der Waals surface area contributed by atoms with Gasteiger partial charge in [0.05, 0.1) is 0 Å². The van der Waals surface area contributed by atoms with Gasteiger partial charge in [-0.2, -0.15) is 0 Å². The van der Waals surface area contributed by atoms with Crippen molar-refractivity contribution in [3.8, 4) is 0 Å². The van der Waals surface area contributed by atoms with Crippen molar-refractivity contribution in [1.82, 2.24) is 0 Å². The maximum absolute atomic E-state index is 5.80. The Bertz CT molecular complexity index is 404. The molecule has 0 bridgehead atoms. The third-order valence-electron chi connectivity index (χ3n) is 2.24. The van der Waals surface area contributed by atoms with Crippen molar-refractivity contribution in [3.05, 3.63) is 48.3 Å². The fourth-order valence-corrected chi connectivity index (χ4v) is 1.44. The quantitative estimate of drug-likeness (QED) is 0.762. The third kappa shape index (κ3) is 2.87. The number of benzene rings is 1. The average molecular weight is 217 g/mol. The minimum Gasteiger partial charge on any atom is -0.398 e. The SMILES string of the molecule is C=CN(C=C(C)C)c1ccc(N)c(CN)c1. The Morgan fingerprint density at radius 1 is 1.44 bits per heavy atom. The van der Waals surface area contributed by atoms with Crippen LogP contribution in [0.1, 0.15) is 19.4 Å². The van der Waals surface area contributed by atoms with Crippen LogP contribution in [0.25, 0.3) is 0 Å². The predicted octanol–water partition coefficient (Wildman–Crippen LogP) is 2.60. The van der Waals surface area contributed by atoms with Gasteiger partial charge in [0.25, 0.3) is 0 Å². The fourth-order valence-electron chi connectivity index (χ4n) is 1.44. The van der Waals surface area contributed by atoms with Crippen LogP contribution in [0, 0.1) is 0 Å². The minimum absolute atomic E-state index is 0.444. The van der Waals surface area contributed by atoms with Crippen LogP contribution >= 0.6 is 0 Å². The van der Waals surface area contributed by atoms with Gasteiger partial charge in [-0.3, -0.25) is 0 Å². The first-order valence-electron chi connectivity index (χ1n) is 5.23. The molecule has 0 fully saturated rings. The lowest BCUT2D eigenvalue weighted by Crippen LogP contribution is -2.09. The molecule has 0 radical (unpaired) electrons. The van der Waals surface area contributed by atoms with E-state index in [4.69, 9.17) is 11.5 Å². The molecule has 0 unspecified atom stereocenters. The summed E-state index contributed by atoms with van der Waals surface area (Å²) in [7, 11) is 0. The van der Waals surface area contributed by atoms with Crippen molar-refractivity contribution in [3.63, 3.8) is 0 Å². The molecule has 0 atom stereocenters. The largest absolute Gasteiger partial charge is 0.398 e. The number of allylic oxidation sites excluding steroid dienone is 1. The molecule has 3 heteroatoms. The van der Waals surface area contributed by atoms with E-state index in [0.29, 0.717) is 6.54 Å². The number of hydrogen-bond acceptors (Lipinski definition) is 3. The summed E-state index contributed by atoms with van der Waals surface area (Å²) < 4.78 is 0. The van der Waals surface area contributed by atoms with Gasteiger partial charge in [-0.1, -0.05) is 12.2 Å². The Kier molecular flexibility index (Phi) is 4.14. The van der Waals surface area contributed by atoms with E-state index in [1.54, 1.807) is 6.20 Å². The van der Waals surface area contributed by atoms with E-state index < -0.39 is 0 Å². The van der Waals surface area contributed by atoms with Gasteiger partial charge in [0, 0.05) is 30.3 Å². The molecule has 3 nitrogen and oxygen atoms in total. The Morgan fingerprint density at radius 2 is 2.12 bits per heavy atom. The zero-order valence-corrected chi connectivity index (χ0v) is 9.90. The van der Waals surface area contributed by atoms with Gasteiger partial charge in [-0.25, -0.2) is 0 Å². The lowest BCUT2D eigenvalue weighted by molar-refractivity contribution is 1.07. The second-order valence-electron chi connectivity index (χ2n) is 3.88. The van der Waals surface area contributed by atoms with Crippen molar-refractivity contribution in [2.24, 2.45) is 5.73 Å². The molecule has 0 aliphatic rings. The van der Waals surface area contributed by atoms with Crippen molar-refractivity contribution in [2.75, 3.05) is 10.6 Å². The van der Waals surface area contributed by atoms with E-state index in [9.17, 15) is 0 Å². The van der Waals surface area contributed by atoms with Crippen molar-refractivity contribution in [1.29, 1.82) is 0 Å². The van der Waals surface area contributed by atoms with Gasteiger partial charge in [-0.15, -0.1) is 0 Å². The molecule has 0 aliphatic heterocycles. The zero-order chi connectivity index (χ0) is 12.1. The second kappa shape index (κ2) is 5.37. The molecule has 1 aromatic carbocycles. The standard InChI is InChI=1S/C13H19N3/c1-4-16(9-10(2)3)12-5-6-13(15)11(7-12)8-14/h4-7,9H,1,8,14-15H2,2-3H3. The molecule has 0 aromatic heterocycles. The Labute approximate surface area is 97.0 Å². The molecule has 1 rings (SSSR count). The molecule has 0 amide bonds. The lowest BCUT2D eigenvalue weighted by atomic mass is 10.1. The number of hydrogen-bond donors (Lipinski definition) is 2. The molecule has 0 saturated carbocycles. The lowest BCUT2D eigenvalue weighted by Gasteiger charge is -2.17. The van der Waals surface area contributed by atoms with Crippen LogP contribution in [0.5, 0.6) is 0 Å². The summed E-state index contributed by atoms with van der Waals surface area (Å²) in [5, 5.41) is 0. The molecule has 0 saturated heterocycles. The van der Waals surface area contributed by atoms with Gasteiger partial charge in [0.2, 0.25) is 0 Å². The Hall–Kier alpha value is -1.74. The fraction of sp³-hybridized carbons (Fsp3) is 0.231. The number of nitrogens with two attached hydrogens (primary N) is 2. The smallest absolute Gasteiger partial charge is 0.0453 e. The molecule has 1 aromatic rings.